The molecule has 0 radical (unpaired) electrons. The zero-order valence-corrected chi connectivity index (χ0v) is 16.5. The van der Waals surface area contributed by atoms with Crippen LogP contribution in [0.15, 0.2) is 48.5 Å². The second-order valence-corrected chi connectivity index (χ2v) is 6.34. The third-order valence-corrected chi connectivity index (χ3v) is 4.60. The highest BCUT2D eigenvalue weighted by molar-refractivity contribution is 6.01. The average Bonchev–Trinajstić information content (AvgIpc) is 3.02. The number of hydrogen-bond donors (Lipinski definition) is 0. The van der Waals surface area contributed by atoms with E-state index in [4.69, 9.17) is 16.0 Å². The molecule has 0 fully saturated rings. The van der Waals surface area contributed by atoms with Crippen molar-refractivity contribution in [1.29, 1.82) is 0 Å². The van der Waals surface area contributed by atoms with Crippen LogP contribution in [0.2, 0.25) is 0 Å². The van der Waals surface area contributed by atoms with Gasteiger partial charge in [0.05, 0.1) is 13.2 Å². The number of nitrogens with zero attached hydrogens (tertiary/aromatic N) is 2. The summed E-state index contributed by atoms with van der Waals surface area (Å²) in [4.78, 5) is 16.3. The van der Waals surface area contributed by atoms with E-state index >= 15 is 0 Å². The Morgan fingerprint density at radius 3 is 2.17 bits per heavy atom. The van der Waals surface area contributed by atoms with Crippen LogP contribution in [-0.4, -0.2) is 17.1 Å². The van der Waals surface area contributed by atoms with Crippen molar-refractivity contribution >= 4 is 11.7 Å². The Morgan fingerprint density at radius 1 is 1.07 bits per heavy atom. The van der Waals surface area contributed by atoms with E-state index < -0.39 is 5.97 Å². The maximum absolute atomic E-state index is 13.0. The molecule has 0 bridgehead atoms. The lowest BCUT2D eigenvalue weighted by Crippen LogP contribution is -2.12. The van der Waals surface area contributed by atoms with Crippen molar-refractivity contribution in [2.24, 2.45) is 7.05 Å². The number of carbonyl (C=O) groups excluding carboxylic acids is 1. The van der Waals surface area contributed by atoms with Crippen molar-refractivity contribution < 1.29 is 18.7 Å². The summed E-state index contributed by atoms with van der Waals surface area (Å²) < 4.78 is 25.7. The average molecular weight is 392 g/mol. The van der Waals surface area contributed by atoms with Crippen LogP contribution in [0.25, 0.3) is 16.0 Å². The number of halogens is 1. The molecule has 0 saturated carbocycles. The Bertz CT molecular complexity index is 1060. The van der Waals surface area contributed by atoms with E-state index in [-0.39, 0.29) is 12.4 Å². The second kappa shape index (κ2) is 8.61. The van der Waals surface area contributed by atoms with E-state index in [2.05, 4.69) is 4.85 Å². The number of carbonyl (C=O) groups is 1. The molecule has 3 rings (SSSR count). The molecule has 0 N–H and O–H groups in total. The van der Waals surface area contributed by atoms with Gasteiger partial charge in [-0.25, -0.2) is 14.0 Å². The van der Waals surface area contributed by atoms with Gasteiger partial charge in [-0.3, -0.25) is 0 Å². The highest BCUT2D eigenvalue weighted by atomic mass is 19.1. The minimum atomic E-state index is -0.457. The summed E-state index contributed by atoms with van der Waals surface area (Å²) in [5.74, 6) is 0.290. The standard InChI is InChI=1S/C23H21FN2O3/c1-5-19-21(25-3)20(22(26(19)4)23(27)28-6-2)15-7-11-17(12-8-15)29-18-13-9-16(24)10-14-18/h7-14H,5-6H2,1-2,4H3. The Morgan fingerprint density at radius 2 is 1.66 bits per heavy atom. The summed E-state index contributed by atoms with van der Waals surface area (Å²) in [5.41, 5.74) is 2.88. The lowest BCUT2D eigenvalue weighted by Gasteiger charge is -2.10. The van der Waals surface area contributed by atoms with Gasteiger partial charge in [0.25, 0.3) is 0 Å². The van der Waals surface area contributed by atoms with Crippen LogP contribution < -0.4 is 4.74 Å². The van der Waals surface area contributed by atoms with Gasteiger partial charge in [-0.05, 0) is 55.3 Å². The van der Waals surface area contributed by atoms with Gasteiger partial charge in [-0.15, -0.1) is 0 Å². The van der Waals surface area contributed by atoms with Crippen LogP contribution >= 0.6 is 0 Å². The van der Waals surface area contributed by atoms with Crippen LogP contribution in [0.3, 0.4) is 0 Å². The quantitative estimate of drug-likeness (QED) is 0.387. The molecule has 0 aliphatic heterocycles. The molecule has 0 unspecified atom stereocenters. The number of benzene rings is 2. The van der Waals surface area contributed by atoms with Gasteiger partial charge in [-0.1, -0.05) is 19.1 Å². The Labute approximate surface area is 169 Å². The molecule has 2 aromatic carbocycles. The minimum Gasteiger partial charge on any atom is -0.461 e. The van der Waals surface area contributed by atoms with E-state index in [1.54, 1.807) is 54.9 Å². The normalized spacial score (nSPS) is 10.4. The number of aromatic nitrogens is 1. The van der Waals surface area contributed by atoms with Gasteiger partial charge >= 0.3 is 5.97 Å². The zero-order chi connectivity index (χ0) is 21.0. The van der Waals surface area contributed by atoms with E-state index in [0.717, 1.165) is 11.3 Å². The van der Waals surface area contributed by atoms with Crippen molar-refractivity contribution in [2.45, 2.75) is 20.3 Å². The first-order valence-corrected chi connectivity index (χ1v) is 9.30. The van der Waals surface area contributed by atoms with Gasteiger partial charge in [0.15, 0.2) is 0 Å². The van der Waals surface area contributed by atoms with E-state index in [0.29, 0.717) is 34.9 Å². The molecule has 0 spiro atoms. The molecule has 148 valence electrons. The van der Waals surface area contributed by atoms with Crippen LogP contribution in [0.5, 0.6) is 11.5 Å². The molecule has 1 heterocycles. The van der Waals surface area contributed by atoms with Gasteiger partial charge in [0.2, 0.25) is 5.69 Å². The smallest absolute Gasteiger partial charge is 0.354 e. The summed E-state index contributed by atoms with van der Waals surface area (Å²) in [7, 11) is 1.77. The molecule has 0 aliphatic carbocycles. The van der Waals surface area contributed by atoms with Gasteiger partial charge in [0.1, 0.15) is 23.0 Å². The van der Waals surface area contributed by atoms with Crippen molar-refractivity contribution in [2.75, 3.05) is 6.61 Å². The maximum atomic E-state index is 13.0. The minimum absolute atomic E-state index is 0.253. The van der Waals surface area contributed by atoms with E-state index in [1.165, 1.54) is 12.1 Å². The lowest BCUT2D eigenvalue weighted by molar-refractivity contribution is 0.0516. The lowest BCUT2D eigenvalue weighted by atomic mass is 10.0. The van der Waals surface area contributed by atoms with Crippen LogP contribution in [-0.2, 0) is 18.2 Å². The number of hydrogen-bond acceptors (Lipinski definition) is 3. The molecule has 0 saturated heterocycles. The molecule has 0 atom stereocenters. The fourth-order valence-corrected chi connectivity index (χ4v) is 3.28. The fraction of sp³-hybridized carbons (Fsp3) is 0.217. The first kappa shape index (κ1) is 20.2. The molecule has 1 aromatic heterocycles. The summed E-state index contributed by atoms with van der Waals surface area (Å²) in [6.07, 6.45) is 0.617. The zero-order valence-electron chi connectivity index (χ0n) is 16.5. The number of ether oxygens (including phenoxy) is 2. The van der Waals surface area contributed by atoms with Crippen LogP contribution in [0, 0.1) is 12.4 Å². The fourth-order valence-electron chi connectivity index (χ4n) is 3.28. The third-order valence-electron chi connectivity index (χ3n) is 4.60. The first-order valence-electron chi connectivity index (χ1n) is 9.30. The molecule has 3 aromatic rings. The Balaban J connectivity index is 2.02. The Kier molecular flexibility index (Phi) is 5.99. The molecule has 0 aliphatic rings. The predicted octanol–water partition coefficient (Wildman–Crippen LogP) is 5.91. The molecular weight excluding hydrogens is 371 g/mol. The van der Waals surface area contributed by atoms with E-state index in [1.807, 2.05) is 6.92 Å². The predicted molar refractivity (Wildman–Crippen MR) is 109 cm³/mol. The first-order chi connectivity index (χ1) is 14.0. The largest absolute Gasteiger partial charge is 0.461 e. The van der Waals surface area contributed by atoms with Crippen molar-refractivity contribution in [3.63, 3.8) is 0 Å². The monoisotopic (exact) mass is 392 g/mol. The molecule has 0 amide bonds. The highest BCUT2D eigenvalue weighted by Gasteiger charge is 2.26. The third kappa shape index (κ3) is 3.99. The summed E-state index contributed by atoms with van der Waals surface area (Å²) in [5, 5.41) is 0. The second-order valence-electron chi connectivity index (χ2n) is 6.34. The summed E-state index contributed by atoms with van der Waals surface area (Å²) >= 11 is 0. The SMILES string of the molecule is [C-]#[N+]c1c(-c2ccc(Oc3ccc(F)cc3)cc2)c(C(=O)OCC)n(C)c1CC. The van der Waals surface area contributed by atoms with Crippen LogP contribution in [0.1, 0.15) is 30.0 Å². The Hall–Kier alpha value is -3.59. The molecule has 5 nitrogen and oxygen atoms in total. The van der Waals surface area contributed by atoms with Gasteiger partial charge in [-0.2, -0.15) is 0 Å². The highest BCUT2D eigenvalue weighted by Crippen LogP contribution is 2.40. The van der Waals surface area contributed by atoms with Crippen molar-refractivity contribution in [3.05, 3.63) is 77.2 Å². The molecular formula is C23H21FN2O3. The number of esters is 1. The number of rotatable bonds is 6. The van der Waals surface area contributed by atoms with E-state index in [9.17, 15) is 9.18 Å². The van der Waals surface area contributed by atoms with Gasteiger partial charge < -0.3 is 14.0 Å². The van der Waals surface area contributed by atoms with Gasteiger partial charge in [0, 0.05) is 18.3 Å². The van der Waals surface area contributed by atoms with Crippen molar-refractivity contribution in [3.8, 4) is 22.6 Å². The van der Waals surface area contributed by atoms with Crippen molar-refractivity contribution in [1.82, 2.24) is 4.57 Å². The summed E-state index contributed by atoms with van der Waals surface area (Å²) in [6, 6.07) is 12.8. The maximum Gasteiger partial charge on any atom is 0.354 e. The summed E-state index contributed by atoms with van der Waals surface area (Å²) in [6.45, 7) is 11.6. The van der Waals surface area contributed by atoms with Crippen LogP contribution in [0.4, 0.5) is 10.1 Å². The molecule has 6 heteroatoms. The topological polar surface area (TPSA) is 44.8 Å². The molecule has 29 heavy (non-hydrogen) atoms.